The molecular weight excluding hydrogens is 311 g/mol. The fourth-order valence-corrected chi connectivity index (χ4v) is 2.57. The zero-order valence-electron chi connectivity index (χ0n) is 10.9. The van der Waals surface area contributed by atoms with E-state index < -0.39 is 0 Å². The number of rotatable bonds is 5. The van der Waals surface area contributed by atoms with E-state index in [0.29, 0.717) is 10.9 Å². The van der Waals surface area contributed by atoms with Crippen LogP contribution in [-0.2, 0) is 13.5 Å². The molecule has 0 spiro atoms. The van der Waals surface area contributed by atoms with E-state index in [1.807, 2.05) is 26.2 Å². The number of hydrogen-bond acceptors (Lipinski definition) is 3. The standard InChI is InChI=1S/C13H16BrFN4/c1-3-16-12(7-9-8-19(2)18-17-9)10-5-4-6-11(15)13(10)14/h4-6,8,12,16H,3,7H2,1-2H3. The normalized spacial score (nSPS) is 12.6. The number of halogens is 2. The fourth-order valence-electron chi connectivity index (χ4n) is 2.03. The number of nitrogens with one attached hydrogen (secondary N) is 1. The van der Waals surface area contributed by atoms with Gasteiger partial charge in [-0.15, -0.1) is 5.10 Å². The third kappa shape index (κ3) is 3.39. The molecule has 4 nitrogen and oxygen atoms in total. The van der Waals surface area contributed by atoms with Gasteiger partial charge in [0.15, 0.2) is 0 Å². The Kier molecular flexibility index (Phi) is 4.66. The van der Waals surface area contributed by atoms with Crippen molar-refractivity contribution >= 4 is 15.9 Å². The summed E-state index contributed by atoms with van der Waals surface area (Å²) in [6.45, 7) is 2.82. The lowest BCUT2D eigenvalue weighted by Crippen LogP contribution is -2.23. The third-order valence-electron chi connectivity index (χ3n) is 2.87. The SMILES string of the molecule is CCNC(Cc1cn(C)nn1)c1cccc(F)c1Br. The molecule has 0 fully saturated rings. The van der Waals surface area contributed by atoms with Gasteiger partial charge in [-0.05, 0) is 34.1 Å². The van der Waals surface area contributed by atoms with Crippen molar-refractivity contribution in [1.29, 1.82) is 0 Å². The minimum Gasteiger partial charge on any atom is -0.310 e. The van der Waals surface area contributed by atoms with E-state index in [-0.39, 0.29) is 11.9 Å². The van der Waals surface area contributed by atoms with E-state index in [0.717, 1.165) is 17.8 Å². The van der Waals surface area contributed by atoms with Gasteiger partial charge >= 0.3 is 0 Å². The minimum atomic E-state index is -0.250. The Balaban J connectivity index is 2.26. The van der Waals surface area contributed by atoms with Crippen LogP contribution in [0.5, 0.6) is 0 Å². The van der Waals surface area contributed by atoms with Gasteiger partial charge in [-0.2, -0.15) is 0 Å². The van der Waals surface area contributed by atoms with Gasteiger partial charge in [0.1, 0.15) is 5.82 Å². The van der Waals surface area contributed by atoms with Crippen LogP contribution in [0.1, 0.15) is 24.2 Å². The first kappa shape index (κ1) is 14.1. The average molecular weight is 327 g/mol. The van der Waals surface area contributed by atoms with Crippen molar-refractivity contribution in [2.75, 3.05) is 6.54 Å². The molecule has 0 bridgehead atoms. The molecule has 1 heterocycles. The molecule has 1 aromatic carbocycles. The first-order valence-electron chi connectivity index (χ1n) is 6.14. The summed E-state index contributed by atoms with van der Waals surface area (Å²) in [7, 11) is 1.83. The van der Waals surface area contributed by atoms with Crippen molar-refractivity contribution in [3.05, 3.63) is 45.9 Å². The Morgan fingerprint density at radius 1 is 1.47 bits per heavy atom. The summed E-state index contributed by atoms with van der Waals surface area (Å²) < 4.78 is 15.8. The Bertz CT molecular complexity index is 555. The maximum atomic E-state index is 13.6. The van der Waals surface area contributed by atoms with Crippen LogP contribution in [0.2, 0.25) is 0 Å². The van der Waals surface area contributed by atoms with Crippen molar-refractivity contribution in [1.82, 2.24) is 20.3 Å². The van der Waals surface area contributed by atoms with Crippen LogP contribution in [0.4, 0.5) is 4.39 Å². The Hall–Kier alpha value is -1.27. The maximum absolute atomic E-state index is 13.6. The number of aryl methyl sites for hydroxylation is 1. The first-order valence-corrected chi connectivity index (χ1v) is 6.93. The summed E-state index contributed by atoms with van der Waals surface area (Å²) in [5.74, 6) is -0.250. The fraction of sp³-hybridized carbons (Fsp3) is 0.385. The van der Waals surface area contributed by atoms with Crippen LogP contribution >= 0.6 is 15.9 Å². The summed E-state index contributed by atoms with van der Waals surface area (Å²) in [4.78, 5) is 0. The van der Waals surface area contributed by atoms with Crippen molar-refractivity contribution in [3.8, 4) is 0 Å². The topological polar surface area (TPSA) is 42.7 Å². The lowest BCUT2D eigenvalue weighted by atomic mass is 10.0. The van der Waals surface area contributed by atoms with Gasteiger partial charge in [-0.3, -0.25) is 4.68 Å². The number of hydrogen-bond donors (Lipinski definition) is 1. The van der Waals surface area contributed by atoms with Gasteiger partial charge in [-0.25, -0.2) is 4.39 Å². The van der Waals surface area contributed by atoms with Crippen LogP contribution in [0.3, 0.4) is 0 Å². The van der Waals surface area contributed by atoms with Crippen LogP contribution in [0.15, 0.2) is 28.9 Å². The highest BCUT2D eigenvalue weighted by Gasteiger charge is 2.17. The zero-order chi connectivity index (χ0) is 13.8. The predicted octanol–water partition coefficient (Wildman–Crippen LogP) is 2.61. The summed E-state index contributed by atoms with van der Waals surface area (Å²) >= 11 is 3.31. The van der Waals surface area contributed by atoms with Gasteiger partial charge in [0.25, 0.3) is 0 Å². The van der Waals surface area contributed by atoms with Crippen molar-refractivity contribution in [2.24, 2.45) is 7.05 Å². The summed E-state index contributed by atoms with van der Waals surface area (Å²) in [5, 5.41) is 11.3. The second-order valence-electron chi connectivity index (χ2n) is 4.34. The smallest absolute Gasteiger partial charge is 0.137 e. The van der Waals surface area contributed by atoms with Crippen LogP contribution in [-0.4, -0.2) is 21.5 Å². The summed E-state index contributed by atoms with van der Waals surface area (Å²) in [6, 6.07) is 5.08. The molecule has 1 aromatic heterocycles. The van der Waals surface area contributed by atoms with E-state index in [9.17, 15) is 4.39 Å². The highest BCUT2D eigenvalue weighted by molar-refractivity contribution is 9.10. The number of nitrogens with zero attached hydrogens (tertiary/aromatic N) is 3. The van der Waals surface area contributed by atoms with Gasteiger partial charge in [0.2, 0.25) is 0 Å². The first-order chi connectivity index (χ1) is 9.11. The molecular formula is C13H16BrFN4. The lowest BCUT2D eigenvalue weighted by molar-refractivity contribution is 0.533. The highest BCUT2D eigenvalue weighted by atomic mass is 79.9. The van der Waals surface area contributed by atoms with Crippen LogP contribution in [0.25, 0.3) is 0 Å². The third-order valence-corrected chi connectivity index (χ3v) is 3.71. The molecule has 1 unspecified atom stereocenters. The lowest BCUT2D eigenvalue weighted by Gasteiger charge is -2.18. The largest absolute Gasteiger partial charge is 0.310 e. The molecule has 0 aliphatic carbocycles. The van der Waals surface area contributed by atoms with Gasteiger partial charge in [0, 0.05) is 25.7 Å². The van der Waals surface area contributed by atoms with Crippen LogP contribution in [0, 0.1) is 5.82 Å². The van der Waals surface area contributed by atoms with Crippen molar-refractivity contribution < 1.29 is 4.39 Å². The van der Waals surface area contributed by atoms with Crippen molar-refractivity contribution in [3.63, 3.8) is 0 Å². The highest BCUT2D eigenvalue weighted by Crippen LogP contribution is 2.27. The molecule has 19 heavy (non-hydrogen) atoms. The Morgan fingerprint density at radius 3 is 2.89 bits per heavy atom. The number of aromatic nitrogens is 3. The second-order valence-corrected chi connectivity index (χ2v) is 5.13. The molecule has 1 N–H and O–H groups in total. The molecule has 0 aliphatic rings. The molecule has 6 heteroatoms. The molecule has 2 rings (SSSR count). The van der Waals surface area contributed by atoms with E-state index in [4.69, 9.17) is 0 Å². The van der Waals surface area contributed by atoms with Gasteiger partial charge in [-0.1, -0.05) is 24.3 Å². The molecule has 0 amide bonds. The zero-order valence-corrected chi connectivity index (χ0v) is 12.5. The van der Waals surface area contributed by atoms with E-state index in [2.05, 4.69) is 31.6 Å². The number of likely N-dealkylation sites (N-methyl/N-ethyl adjacent to an activating group) is 1. The Morgan fingerprint density at radius 2 is 2.26 bits per heavy atom. The number of benzene rings is 1. The van der Waals surface area contributed by atoms with Gasteiger partial charge in [0.05, 0.1) is 10.2 Å². The molecule has 1 atom stereocenters. The minimum absolute atomic E-state index is 0.00627. The molecule has 0 saturated carbocycles. The Labute approximate surface area is 120 Å². The van der Waals surface area contributed by atoms with Crippen molar-refractivity contribution in [2.45, 2.75) is 19.4 Å². The van der Waals surface area contributed by atoms with E-state index >= 15 is 0 Å². The summed E-state index contributed by atoms with van der Waals surface area (Å²) in [6.07, 6.45) is 2.54. The molecule has 2 aromatic rings. The quantitative estimate of drug-likeness (QED) is 0.918. The van der Waals surface area contributed by atoms with E-state index in [1.165, 1.54) is 6.07 Å². The molecule has 0 aliphatic heterocycles. The van der Waals surface area contributed by atoms with E-state index in [1.54, 1.807) is 10.7 Å². The molecule has 0 radical (unpaired) electrons. The second kappa shape index (κ2) is 6.25. The molecule has 102 valence electrons. The van der Waals surface area contributed by atoms with Crippen LogP contribution < -0.4 is 5.32 Å². The monoisotopic (exact) mass is 326 g/mol. The maximum Gasteiger partial charge on any atom is 0.137 e. The average Bonchev–Trinajstić information content (AvgIpc) is 2.78. The summed E-state index contributed by atoms with van der Waals surface area (Å²) in [5.41, 5.74) is 1.78. The van der Waals surface area contributed by atoms with Gasteiger partial charge < -0.3 is 5.32 Å². The molecule has 0 saturated heterocycles. The predicted molar refractivity (Wildman–Crippen MR) is 75.2 cm³/mol.